The first-order chi connectivity index (χ1) is 11.5. The first-order valence-electron chi connectivity index (χ1n) is 8.08. The van der Waals surface area contributed by atoms with Crippen molar-refractivity contribution in [2.45, 2.75) is 31.7 Å². The number of rotatable bonds is 6. The first kappa shape index (κ1) is 16.7. The van der Waals surface area contributed by atoms with Gasteiger partial charge in [-0.3, -0.25) is 0 Å². The molecule has 0 spiro atoms. The fraction of sp³-hybridized carbons (Fsp3) is 0.263. The van der Waals surface area contributed by atoms with Crippen LogP contribution in [-0.2, 0) is 16.6 Å². The summed E-state index contributed by atoms with van der Waals surface area (Å²) in [5, 5.41) is 1.20. The summed E-state index contributed by atoms with van der Waals surface area (Å²) in [7, 11) is -3.46. The Bertz CT molecular complexity index is 958. The van der Waals surface area contributed by atoms with E-state index < -0.39 is 10.0 Å². The van der Waals surface area contributed by atoms with E-state index in [2.05, 4.69) is 27.5 Å². The van der Waals surface area contributed by atoms with Gasteiger partial charge in [-0.05, 0) is 55.0 Å². The second-order valence-corrected chi connectivity index (χ2v) is 7.82. The average molecular weight is 342 g/mol. The van der Waals surface area contributed by atoms with Gasteiger partial charge < -0.3 is 4.57 Å². The summed E-state index contributed by atoms with van der Waals surface area (Å²) >= 11 is 0. The van der Waals surface area contributed by atoms with Crippen LogP contribution in [0.1, 0.15) is 17.5 Å². The normalized spacial score (nSPS) is 11.9. The zero-order valence-corrected chi connectivity index (χ0v) is 14.8. The molecule has 0 unspecified atom stereocenters. The molecule has 0 bridgehead atoms. The Morgan fingerprint density at radius 2 is 1.83 bits per heavy atom. The molecule has 4 nitrogen and oxygen atoms in total. The highest BCUT2D eigenvalue weighted by molar-refractivity contribution is 7.89. The highest BCUT2D eigenvalue weighted by atomic mass is 32.2. The largest absolute Gasteiger partial charge is 0.347 e. The molecule has 126 valence electrons. The monoisotopic (exact) mass is 342 g/mol. The third-order valence-corrected chi connectivity index (χ3v) is 5.78. The fourth-order valence-corrected chi connectivity index (χ4v) is 4.27. The van der Waals surface area contributed by atoms with Crippen LogP contribution in [0, 0.1) is 13.8 Å². The number of benzene rings is 2. The predicted octanol–water partition coefficient (Wildman–Crippen LogP) is 3.63. The van der Waals surface area contributed by atoms with Crippen LogP contribution < -0.4 is 4.72 Å². The molecule has 1 aromatic heterocycles. The molecule has 0 aliphatic heterocycles. The maximum Gasteiger partial charge on any atom is 0.240 e. The lowest BCUT2D eigenvalue weighted by Crippen LogP contribution is -2.26. The molecule has 1 N–H and O–H groups in total. The summed E-state index contributed by atoms with van der Waals surface area (Å²) in [6, 6.07) is 15.8. The third kappa shape index (κ3) is 3.52. The molecule has 1 heterocycles. The lowest BCUT2D eigenvalue weighted by molar-refractivity contribution is 0.571. The van der Waals surface area contributed by atoms with Crippen molar-refractivity contribution < 1.29 is 8.42 Å². The summed E-state index contributed by atoms with van der Waals surface area (Å²) in [6.45, 7) is 4.92. The molecule has 2 aromatic carbocycles. The standard InChI is InChI=1S/C19H22N2O2S/c1-15-8-9-16(2)19(14-15)24(22,23)20-11-5-12-21-13-10-17-6-3-4-7-18(17)21/h3-4,6-10,13-14,20H,5,11-12H2,1-2H3. The Kier molecular flexibility index (Phi) is 4.73. The van der Waals surface area contributed by atoms with E-state index in [0.717, 1.165) is 24.1 Å². The van der Waals surface area contributed by atoms with Crippen LogP contribution in [0.15, 0.2) is 59.6 Å². The van der Waals surface area contributed by atoms with Gasteiger partial charge in [0.2, 0.25) is 10.0 Å². The van der Waals surface area contributed by atoms with Gasteiger partial charge >= 0.3 is 0 Å². The van der Waals surface area contributed by atoms with E-state index in [4.69, 9.17) is 0 Å². The minimum absolute atomic E-state index is 0.369. The SMILES string of the molecule is Cc1ccc(C)c(S(=O)(=O)NCCCn2ccc3ccccc32)c1. The van der Waals surface area contributed by atoms with Crippen molar-refractivity contribution in [1.82, 2.24) is 9.29 Å². The third-order valence-electron chi connectivity index (χ3n) is 4.18. The Morgan fingerprint density at radius 1 is 1.04 bits per heavy atom. The number of fused-ring (bicyclic) bond motifs is 1. The van der Waals surface area contributed by atoms with Crippen LogP contribution in [0.25, 0.3) is 10.9 Å². The Hall–Kier alpha value is -2.11. The molecule has 0 atom stereocenters. The van der Waals surface area contributed by atoms with Crippen molar-refractivity contribution in [2.24, 2.45) is 0 Å². The zero-order valence-electron chi connectivity index (χ0n) is 14.0. The van der Waals surface area contributed by atoms with Gasteiger partial charge in [-0.25, -0.2) is 13.1 Å². The summed E-state index contributed by atoms with van der Waals surface area (Å²) in [5.41, 5.74) is 2.89. The molecule has 3 aromatic rings. The Balaban J connectivity index is 1.62. The van der Waals surface area contributed by atoms with Crippen LogP contribution >= 0.6 is 0 Å². The predicted molar refractivity (Wildman–Crippen MR) is 97.7 cm³/mol. The first-order valence-corrected chi connectivity index (χ1v) is 9.56. The van der Waals surface area contributed by atoms with Crippen LogP contribution in [0.5, 0.6) is 0 Å². The second-order valence-electron chi connectivity index (χ2n) is 6.09. The van der Waals surface area contributed by atoms with E-state index in [0.29, 0.717) is 11.4 Å². The number of sulfonamides is 1. The number of aromatic nitrogens is 1. The molecule has 24 heavy (non-hydrogen) atoms. The van der Waals surface area contributed by atoms with E-state index in [1.807, 2.05) is 44.3 Å². The van der Waals surface area contributed by atoms with Gasteiger partial charge in [-0.2, -0.15) is 0 Å². The number of nitrogens with one attached hydrogen (secondary N) is 1. The zero-order chi connectivity index (χ0) is 17.2. The maximum atomic E-state index is 12.5. The van der Waals surface area contributed by atoms with Crippen LogP contribution in [0.4, 0.5) is 0 Å². The number of hydrogen-bond donors (Lipinski definition) is 1. The molecule has 0 aliphatic rings. The van der Waals surface area contributed by atoms with E-state index in [1.54, 1.807) is 6.07 Å². The van der Waals surface area contributed by atoms with Crippen molar-refractivity contribution in [3.63, 3.8) is 0 Å². The topological polar surface area (TPSA) is 51.1 Å². The lowest BCUT2D eigenvalue weighted by atomic mass is 10.2. The van der Waals surface area contributed by atoms with Gasteiger partial charge in [-0.1, -0.05) is 30.3 Å². The molecule has 0 aliphatic carbocycles. The van der Waals surface area contributed by atoms with E-state index in [1.165, 1.54) is 10.9 Å². The van der Waals surface area contributed by atoms with Crippen LogP contribution in [-0.4, -0.2) is 19.5 Å². The molecular formula is C19H22N2O2S. The highest BCUT2D eigenvalue weighted by Gasteiger charge is 2.16. The average Bonchev–Trinajstić information content (AvgIpc) is 2.97. The molecule has 0 radical (unpaired) electrons. The van der Waals surface area contributed by atoms with Crippen molar-refractivity contribution in [3.8, 4) is 0 Å². The van der Waals surface area contributed by atoms with Crippen molar-refractivity contribution in [2.75, 3.05) is 6.54 Å². The molecule has 0 saturated carbocycles. The molecule has 0 saturated heterocycles. The minimum atomic E-state index is -3.46. The smallest absolute Gasteiger partial charge is 0.240 e. The lowest BCUT2D eigenvalue weighted by Gasteiger charge is -2.11. The quantitative estimate of drug-likeness (QED) is 0.696. The molecule has 5 heteroatoms. The Labute approximate surface area is 143 Å². The molecule has 0 fully saturated rings. The maximum absolute atomic E-state index is 12.5. The summed E-state index contributed by atoms with van der Waals surface area (Å²) < 4.78 is 29.8. The summed E-state index contributed by atoms with van der Waals surface area (Å²) in [6.07, 6.45) is 2.78. The second kappa shape index (κ2) is 6.79. The van der Waals surface area contributed by atoms with Crippen molar-refractivity contribution in [1.29, 1.82) is 0 Å². The van der Waals surface area contributed by atoms with Gasteiger partial charge in [0.05, 0.1) is 4.90 Å². The number of aryl methyl sites for hydroxylation is 3. The number of para-hydroxylation sites is 1. The van der Waals surface area contributed by atoms with E-state index in [-0.39, 0.29) is 0 Å². The van der Waals surface area contributed by atoms with Crippen LogP contribution in [0.3, 0.4) is 0 Å². The van der Waals surface area contributed by atoms with Crippen molar-refractivity contribution >= 4 is 20.9 Å². The molecule has 0 amide bonds. The minimum Gasteiger partial charge on any atom is -0.347 e. The van der Waals surface area contributed by atoms with E-state index >= 15 is 0 Å². The number of nitrogens with zero attached hydrogens (tertiary/aromatic N) is 1. The van der Waals surface area contributed by atoms with Gasteiger partial charge in [0.1, 0.15) is 0 Å². The Morgan fingerprint density at radius 3 is 2.67 bits per heavy atom. The fourth-order valence-electron chi connectivity index (χ4n) is 2.87. The van der Waals surface area contributed by atoms with Crippen molar-refractivity contribution in [3.05, 3.63) is 65.9 Å². The van der Waals surface area contributed by atoms with Gasteiger partial charge in [0.25, 0.3) is 0 Å². The summed E-state index contributed by atoms with van der Waals surface area (Å²) in [4.78, 5) is 0.369. The van der Waals surface area contributed by atoms with E-state index in [9.17, 15) is 8.42 Å². The highest BCUT2D eigenvalue weighted by Crippen LogP contribution is 2.17. The van der Waals surface area contributed by atoms with Gasteiger partial charge in [0, 0.05) is 24.8 Å². The number of hydrogen-bond acceptors (Lipinski definition) is 2. The van der Waals surface area contributed by atoms with Gasteiger partial charge in [-0.15, -0.1) is 0 Å². The van der Waals surface area contributed by atoms with Crippen LogP contribution in [0.2, 0.25) is 0 Å². The summed E-state index contributed by atoms with van der Waals surface area (Å²) in [5.74, 6) is 0. The van der Waals surface area contributed by atoms with Gasteiger partial charge in [0.15, 0.2) is 0 Å². The molecular weight excluding hydrogens is 320 g/mol. The molecule has 3 rings (SSSR count).